The number of nitrogens with zero attached hydrogens (tertiary/aromatic N) is 1. The number of esters is 1. The van der Waals surface area contributed by atoms with Crippen molar-refractivity contribution >= 4 is 29.8 Å². The quantitative estimate of drug-likeness (QED) is 0.248. The molecule has 0 saturated carbocycles. The number of amides is 4. The highest BCUT2D eigenvalue weighted by molar-refractivity contribution is 5.96. The zero-order chi connectivity index (χ0) is 36.6. The largest absolute Gasteiger partial charge is 0.458 e. The predicted octanol–water partition coefficient (Wildman–Crippen LogP) is 5.20. The normalized spacial score (nSPS) is 13.8. The highest BCUT2D eigenvalue weighted by Crippen LogP contribution is 2.34. The molecule has 11 nitrogen and oxygen atoms in total. The summed E-state index contributed by atoms with van der Waals surface area (Å²) in [7, 11) is 0. The molecule has 2 aromatic rings. The third-order valence-corrected chi connectivity index (χ3v) is 7.67. The average molecular weight is 667 g/mol. The summed E-state index contributed by atoms with van der Waals surface area (Å²) < 4.78 is 11.1. The number of alkyl carbamates (subject to hydrolysis) is 1. The maximum Gasteiger partial charge on any atom is 0.408 e. The van der Waals surface area contributed by atoms with E-state index in [4.69, 9.17) is 15.2 Å². The van der Waals surface area contributed by atoms with Crippen LogP contribution in [-0.2, 0) is 35.1 Å². The van der Waals surface area contributed by atoms with Gasteiger partial charge in [-0.15, -0.1) is 0 Å². The standard InChI is InChI=1S/C37H54N4O7/c1-12-37(10,11)41(32(44)27(22-29(38)42)40-34(46)48-36(7,8)9)30(26-19-18-23(2)20-24(26)3)31(43)39-28(33(45)47-35(4,5)6)21-25-16-14-13-15-17-25/h13-20,27-28,30H,12,21-22H2,1-11H3,(H2,38,42)(H,39,43)(H,40,46). The first-order chi connectivity index (χ1) is 22.0. The van der Waals surface area contributed by atoms with E-state index in [9.17, 15) is 24.0 Å². The summed E-state index contributed by atoms with van der Waals surface area (Å²) in [5.74, 6) is -2.83. The van der Waals surface area contributed by atoms with Crippen LogP contribution < -0.4 is 16.4 Å². The fourth-order valence-electron chi connectivity index (χ4n) is 5.16. The maximum atomic E-state index is 14.7. The number of aryl methyl sites for hydroxylation is 2. The zero-order valence-corrected chi connectivity index (χ0v) is 30.4. The molecule has 4 amide bonds. The molecule has 0 aliphatic heterocycles. The molecule has 3 unspecified atom stereocenters. The summed E-state index contributed by atoms with van der Waals surface area (Å²) >= 11 is 0. The Kier molecular flexibility index (Phi) is 13.4. The number of nitrogens with one attached hydrogen (secondary N) is 2. The van der Waals surface area contributed by atoms with E-state index >= 15 is 0 Å². The molecule has 0 bridgehead atoms. The summed E-state index contributed by atoms with van der Waals surface area (Å²) in [6, 6.07) is 10.9. The summed E-state index contributed by atoms with van der Waals surface area (Å²) in [6.45, 7) is 19.4. The topological polar surface area (TPSA) is 157 Å². The van der Waals surface area contributed by atoms with E-state index in [1.165, 1.54) is 4.90 Å². The summed E-state index contributed by atoms with van der Waals surface area (Å²) in [6.07, 6.45) is -0.930. The van der Waals surface area contributed by atoms with Crippen molar-refractivity contribution in [1.29, 1.82) is 0 Å². The van der Waals surface area contributed by atoms with Gasteiger partial charge in [-0.2, -0.15) is 0 Å². The smallest absolute Gasteiger partial charge is 0.408 e. The second kappa shape index (κ2) is 16.1. The van der Waals surface area contributed by atoms with Gasteiger partial charge in [-0.05, 0) is 92.3 Å². The van der Waals surface area contributed by atoms with E-state index in [-0.39, 0.29) is 6.42 Å². The van der Waals surface area contributed by atoms with Gasteiger partial charge in [0.2, 0.25) is 17.7 Å². The van der Waals surface area contributed by atoms with Crippen molar-refractivity contribution in [3.63, 3.8) is 0 Å². The molecule has 2 aromatic carbocycles. The van der Waals surface area contributed by atoms with Crippen molar-refractivity contribution in [3.05, 3.63) is 70.8 Å². The van der Waals surface area contributed by atoms with Gasteiger partial charge >= 0.3 is 12.1 Å². The van der Waals surface area contributed by atoms with E-state index in [2.05, 4.69) is 10.6 Å². The number of carbonyl (C=O) groups is 5. The fraction of sp³-hybridized carbons (Fsp3) is 0.541. The summed E-state index contributed by atoms with van der Waals surface area (Å²) in [5.41, 5.74) is 5.81. The number of benzene rings is 2. The molecule has 264 valence electrons. The van der Waals surface area contributed by atoms with Gasteiger partial charge in [0.05, 0.1) is 6.42 Å². The molecule has 0 saturated heterocycles. The first-order valence-electron chi connectivity index (χ1n) is 16.3. The lowest BCUT2D eigenvalue weighted by Crippen LogP contribution is -2.61. The molecular formula is C37H54N4O7. The molecular weight excluding hydrogens is 612 g/mol. The molecule has 0 spiro atoms. The minimum Gasteiger partial charge on any atom is -0.458 e. The third-order valence-electron chi connectivity index (χ3n) is 7.67. The second-order valence-electron chi connectivity index (χ2n) is 14.8. The molecule has 2 rings (SSSR count). The highest BCUT2D eigenvalue weighted by atomic mass is 16.6. The Bertz CT molecular complexity index is 1460. The molecule has 0 radical (unpaired) electrons. The van der Waals surface area contributed by atoms with Crippen molar-refractivity contribution in [1.82, 2.24) is 15.5 Å². The van der Waals surface area contributed by atoms with Crippen molar-refractivity contribution in [2.24, 2.45) is 5.73 Å². The van der Waals surface area contributed by atoms with Crippen LogP contribution in [-0.4, -0.2) is 63.5 Å². The van der Waals surface area contributed by atoms with Crippen molar-refractivity contribution in [2.45, 2.75) is 130 Å². The molecule has 11 heteroatoms. The minimum absolute atomic E-state index is 0.136. The average Bonchev–Trinajstić information content (AvgIpc) is 2.93. The lowest BCUT2D eigenvalue weighted by Gasteiger charge is -2.45. The Balaban J connectivity index is 2.76. The van der Waals surface area contributed by atoms with Crippen LogP contribution in [0.5, 0.6) is 0 Å². The number of rotatable bonds is 13. The van der Waals surface area contributed by atoms with Crippen LogP contribution in [0.25, 0.3) is 0 Å². The van der Waals surface area contributed by atoms with E-state index in [1.807, 2.05) is 63.2 Å². The number of ether oxygens (including phenoxy) is 2. The number of nitrogens with two attached hydrogens (primary N) is 1. The van der Waals surface area contributed by atoms with Crippen LogP contribution in [0.1, 0.15) is 103 Å². The highest BCUT2D eigenvalue weighted by Gasteiger charge is 2.45. The van der Waals surface area contributed by atoms with Gasteiger partial charge in [-0.3, -0.25) is 14.4 Å². The van der Waals surface area contributed by atoms with Crippen molar-refractivity contribution < 1.29 is 33.4 Å². The van der Waals surface area contributed by atoms with Crippen LogP contribution in [0.4, 0.5) is 4.79 Å². The first kappa shape index (κ1) is 39.8. The fourth-order valence-corrected chi connectivity index (χ4v) is 5.16. The third kappa shape index (κ3) is 12.0. The van der Waals surface area contributed by atoms with Gasteiger partial charge in [0.25, 0.3) is 0 Å². The van der Waals surface area contributed by atoms with E-state index < -0.39 is 71.1 Å². The van der Waals surface area contributed by atoms with Crippen LogP contribution in [0.15, 0.2) is 48.5 Å². The number of hydrogen-bond donors (Lipinski definition) is 3. The van der Waals surface area contributed by atoms with Gasteiger partial charge in [0, 0.05) is 12.0 Å². The van der Waals surface area contributed by atoms with E-state index in [1.54, 1.807) is 61.5 Å². The van der Waals surface area contributed by atoms with E-state index in [0.29, 0.717) is 12.0 Å². The molecule has 0 heterocycles. The molecule has 0 aliphatic carbocycles. The SMILES string of the molecule is CCC(C)(C)N(C(=O)C(CC(N)=O)NC(=O)OC(C)(C)C)C(C(=O)NC(Cc1ccccc1)C(=O)OC(C)(C)C)c1ccc(C)cc1C. The van der Waals surface area contributed by atoms with Gasteiger partial charge < -0.3 is 30.7 Å². The predicted molar refractivity (Wildman–Crippen MR) is 185 cm³/mol. The Labute approximate surface area is 285 Å². The lowest BCUT2D eigenvalue weighted by molar-refractivity contribution is -0.159. The zero-order valence-electron chi connectivity index (χ0n) is 30.4. The summed E-state index contributed by atoms with van der Waals surface area (Å²) in [5, 5.41) is 5.41. The Morgan fingerprint density at radius 2 is 1.40 bits per heavy atom. The lowest BCUT2D eigenvalue weighted by atomic mass is 9.89. The Morgan fingerprint density at radius 3 is 1.90 bits per heavy atom. The maximum absolute atomic E-state index is 14.7. The van der Waals surface area contributed by atoms with Crippen molar-refractivity contribution in [2.75, 3.05) is 0 Å². The van der Waals surface area contributed by atoms with Gasteiger partial charge in [0.15, 0.2) is 0 Å². The summed E-state index contributed by atoms with van der Waals surface area (Å²) in [4.78, 5) is 69.4. The molecule has 48 heavy (non-hydrogen) atoms. The Morgan fingerprint density at radius 1 is 0.812 bits per heavy atom. The monoisotopic (exact) mass is 666 g/mol. The Hall–Kier alpha value is -4.41. The van der Waals surface area contributed by atoms with Gasteiger partial charge in [-0.1, -0.05) is 61.0 Å². The van der Waals surface area contributed by atoms with E-state index in [0.717, 1.165) is 16.7 Å². The van der Waals surface area contributed by atoms with Crippen LogP contribution in [0, 0.1) is 13.8 Å². The van der Waals surface area contributed by atoms with Crippen LogP contribution in [0.3, 0.4) is 0 Å². The van der Waals surface area contributed by atoms with Crippen LogP contribution in [0.2, 0.25) is 0 Å². The molecule has 3 atom stereocenters. The molecule has 0 aliphatic rings. The minimum atomic E-state index is -1.45. The first-order valence-corrected chi connectivity index (χ1v) is 16.3. The molecule has 4 N–H and O–H groups in total. The number of carbonyl (C=O) groups excluding carboxylic acids is 5. The molecule has 0 aromatic heterocycles. The van der Waals surface area contributed by atoms with Crippen molar-refractivity contribution in [3.8, 4) is 0 Å². The second-order valence-corrected chi connectivity index (χ2v) is 14.8. The van der Waals surface area contributed by atoms with Crippen LogP contribution >= 0.6 is 0 Å². The van der Waals surface area contributed by atoms with Gasteiger partial charge in [0.1, 0.15) is 29.3 Å². The van der Waals surface area contributed by atoms with Gasteiger partial charge in [-0.25, -0.2) is 9.59 Å². The number of primary amides is 1. The molecule has 0 fully saturated rings. The number of hydrogen-bond acceptors (Lipinski definition) is 7.